The molecule has 0 bridgehead atoms. The maximum atomic E-state index is 10.5. The van der Waals surface area contributed by atoms with Crippen LogP contribution in [0.2, 0.25) is 0 Å². The van der Waals surface area contributed by atoms with E-state index in [2.05, 4.69) is 0 Å². The summed E-state index contributed by atoms with van der Waals surface area (Å²) < 4.78 is 0. The minimum absolute atomic E-state index is 0.0710. The van der Waals surface area contributed by atoms with Crippen molar-refractivity contribution in [2.75, 3.05) is 0 Å². The SMILES string of the molecule is Cc1c([N+](=O)[O-])ccc(C#N)c1C#N. The molecule has 0 saturated heterocycles. The van der Waals surface area contributed by atoms with E-state index in [1.54, 1.807) is 6.07 Å². The molecule has 5 nitrogen and oxygen atoms in total. The van der Waals surface area contributed by atoms with Crippen molar-refractivity contribution >= 4 is 5.69 Å². The molecule has 0 saturated carbocycles. The quantitative estimate of drug-likeness (QED) is 0.493. The third-order valence-electron chi connectivity index (χ3n) is 1.87. The second-order valence-electron chi connectivity index (χ2n) is 2.61. The lowest BCUT2D eigenvalue weighted by Crippen LogP contribution is -1.96. The topological polar surface area (TPSA) is 90.7 Å². The number of hydrogen-bond acceptors (Lipinski definition) is 4. The van der Waals surface area contributed by atoms with Crippen LogP contribution in [0, 0.1) is 39.7 Å². The minimum Gasteiger partial charge on any atom is -0.258 e. The highest BCUT2D eigenvalue weighted by Crippen LogP contribution is 2.23. The maximum Gasteiger partial charge on any atom is 0.273 e. The summed E-state index contributed by atoms with van der Waals surface area (Å²) in [7, 11) is 0. The maximum absolute atomic E-state index is 10.5. The molecule has 0 heterocycles. The summed E-state index contributed by atoms with van der Waals surface area (Å²) in [6, 6.07) is 6.10. The normalized spacial score (nSPS) is 8.79. The van der Waals surface area contributed by atoms with Crippen molar-refractivity contribution in [3.8, 4) is 12.1 Å². The lowest BCUT2D eigenvalue weighted by molar-refractivity contribution is -0.385. The van der Waals surface area contributed by atoms with Crippen molar-refractivity contribution < 1.29 is 4.92 Å². The Labute approximate surface area is 80.0 Å². The van der Waals surface area contributed by atoms with Crippen LogP contribution in [-0.2, 0) is 0 Å². The standard InChI is InChI=1S/C9H5N3O2/c1-6-8(5-11)7(4-10)2-3-9(6)12(13)14/h2-3H,1H3. The van der Waals surface area contributed by atoms with Gasteiger partial charge in [0.25, 0.3) is 5.69 Å². The van der Waals surface area contributed by atoms with Crippen LogP contribution >= 0.6 is 0 Å². The first kappa shape index (κ1) is 9.69. The number of nitriles is 2. The molecule has 0 radical (unpaired) electrons. The zero-order valence-electron chi connectivity index (χ0n) is 7.31. The van der Waals surface area contributed by atoms with E-state index in [0.29, 0.717) is 0 Å². The fourth-order valence-electron chi connectivity index (χ4n) is 1.14. The highest BCUT2D eigenvalue weighted by Gasteiger charge is 2.16. The van der Waals surface area contributed by atoms with Crippen LogP contribution in [0.3, 0.4) is 0 Å². The Morgan fingerprint density at radius 3 is 2.43 bits per heavy atom. The zero-order chi connectivity index (χ0) is 10.7. The van der Waals surface area contributed by atoms with E-state index < -0.39 is 4.92 Å². The summed E-state index contributed by atoms with van der Waals surface area (Å²) in [5, 5.41) is 27.8. The monoisotopic (exact) mass is 187 g/mol. The molecule has 0 unspecified atom stereocenters. The van der Waals surface area contributed by atoms with Gasteiger partial charge in [0.1, 0.15) is 12.1 Å². The fourth-order valence-corrected chi connectivity index (χ4v) is 1.14. The molecule has 0 aliphatic heterocycles. The van der Waals surface area contributed by atoms with E-state index in [4.69, 9.17) is 10.5 Å². The predicted octanol–water partition coefficient (Wildman–Crippen LogP) is 1.65. The Balaban J connectivity index is 3.55. The Bertz CT molecular complexity index is 480. The van der Waals surface area contributed by atoms with Gasteiger partial charge in [0.15, 0.2) is 0 Å². The van der Waals surface area contributed by atoms with Gasteiger partial charge in [0.05, 0.1) is 16.1 Å². The van der Waals surface area contributed by atoms with Crippen molar-refractivity contribution in [3.05, 3.63) is 38.9 Å². The molecule has 0 spiro atoms. The lowest BCUT2D eigenvalue weighted by atomic mass is 10.0. The smallest absolute Gasteiger partial charge is 0.258 e. The van der Waals surface area contributed by atoms with Crippen LogP contribution in [-0.4, -0.2) is 4.92 Å². The van der Waals surface area contributed by atoms with Crippen LogP contribution in [0.4, 0.5) is 5.69 Å². The van der Waals surface area contributed by atoms with Crippen LogP contribution in [0.25, 0.3) is 0 Å². The first-order chi connectivity index (χ1) is 6.61. The molecule has 1 aromatic carbocycles. The average Bonchev–Trinajstić information content (AvgIpc) is 2.16. The third-order valence-corrected chi connectivity index (χ3v) is 1.87. The highest BCUT2D eigenvalue weighted by molar-refractivity contribution is 5.57. The van der Waals surface area contributed by atoms with Crippen molar-refractivity contribution in [1.82, 2.24) is 0 Å². The average molecular weight is 187 g/mol. The van der Waals surface area contributed by atoms with Crippen molar-refractivity contribution in [1.29, 1.82) is 10.5 Å². The predicted molar refractivity (Wildman–Crippen MR) is 47.3 cm³/mol. The molecule has 0 aromatic heterocycles. The van der Waals surface area contributed by atoms with E-state index in [1.165, 1.54) is 19.1 Å². The van der Waals surface area contributed by atoms with Gasteiger partial charge in [-0.15, -0.1) is 0 Å². The highest BCUT2D eigenvalue weighted by atomic mass is 16.6. The fraction of sp³-hybridized carbons (Fsp3) is 0.111. The zero-order valence-corrected chi connectivity index (χ0v) is 7.31. The summed E-state index contributed by atoms with van der Waals surface area (Å²) in [4.78, 5) is 9.93. The van der Waals surface area contributed by atoms with Gasteiger partial charge in [-0.05, 0) is 13.0 Å². The second-order valence-corrected chi connectivity index (χ2v) is 2.61. The molecule has 0 atom stereocenters. The molecule has 5 heteroatoms. The molecule has 0 aliphatic carbocycles. The number of rotatable bonds is 1. The summed E-state index contributed by atoms with van der Waals surface area (Å²) in [6.45, 7) is 1.46. The number of benzene rings is 1. The molecule has 68 valence electrons. The summed E-state index contributed by atoms with van der Waals surface area (Å²) in [5.41, 5.74) is 0.328. The van der Waals surface area contributed by atoms with Crippen molar-refractivity contribution in [2.45, 2.75) is 6.92 Å². The van der Waals surface area contributed by atoms with E-state index >= 15 is 0 Å². The van der Waals surface area contributed by atoms with E-state index in [9.17, 15) is 10.1 Å². The van der Waals surface area contributed by atoms with Gasteiger partial charge >= 0.3 is 0 Å². The Hall–Kier alpha value is -2.40. The molecular formula is C9H5N3O2. The number of nitrogens with zero attached hydrogens (tertiary/aromatic N) is 3. The van der Waals surface area contributed by atoms with E-state index in [1.807, 2.05) is 6.07 Å². The van der Waals surface area contributed by atoms with Gasteiger partial charge in [0.2, 0.25) is 0 Å². The minimum atomic E-state index is -0.572. The van der Waals surface area contributed by atoms with Gasteiger partial charge in [-0.25, -0.2) is 0 Å². The van der Waals surface area contributed by atoms with Gasteiger partial charge < -0.3 is 0 Å². The summed E-state index contributed by atoms with van der Waals surface area (Å²) in [6.07, 6.45) is 0. The number of nitro groups is 1. The molecule has 0 N–H and O–H groups in total. The molecule has 14 heavy (non-hydrogen) atoms. The summed E-state index contributed by atoms with van der Waals surface area (Å²) in [5.74, 6) is 0. The van der Waals surface area contributed by atoms with Crippen molar-refractivity contribution in [3.63, 3.8) is 0 Å². The first-order valence-electron chi connectivity index (χ1n) is 3.70. The number of nitro benzene ring substituents is 1. The Morgan fingerprint density at radius 2 is 2.00 bits per heavy atom. The third kappa shape index (κ3) is 1.39. The largest absolute Gasteiger partial charge is 0.273 e. The van der Waals surface area contributed by atoms with Gasteiger partial charge in [0, 0.05) is 11.6 Å². The Kier molecular flexibility index (Phi) is 2.45. The molecular weight excluding hydrogens is 182 g/mol. The van der Waals surface area contributed by atoms with Crippen LogP contribution in [0.5, 0.6) is 0 Å². The van der Waals surface area contributed by atoms with E-state index in [-0.39, 0.29) is 22.4 Å². The molecule has 1 aromatic rings. The van der Waals surface area contributed by atoms with Crippen LogP contribution in [0.15, 0.2) is 12.1 Å². The van der Waals surface area contributed by atoms with Crippen LogP contribution in [0.1, 0.15) is 16.7 Å². The van der Waals surface area contributed by atoms with Gasteiger partial charge in [-0.2, -0.15) is 10.5 Å². The van der Waals surface area contributed by atoms with Gasteiger partial charge in [-0.3, -0.25) is 10.1 Å². The molecule has 0 fully saturated rings. The van der Waals surface area contributed by atoms with Crippen molar-refractivity contribution in [2.24, 2.45) is 0 Å². The molecule has 1 rings (SSSR count). The van der Waals surface area contributed by atoms with Gasteiger partial charge in [-0.1, -0.05) is 0 Å². The molecule has 0 amide bonds. The molecule has 0 aliphatic rings. The summed E-state index contributed by atoms with van der Waals surface area (Å²) >= 11 is 0. The second kappa shape index (κ2) is 3.55. The Morgan fingerprint density at radius 1 is 1.36 bits per heavy atom. The first-order valence-corrected chi connectivity index (χ1v) is 3.70. The lowest BCUT2D eigenvalue weighted by Gasteiger charge is -2.00. The van der Waals surface area contributed by atoms with E-state index in [0.717, 1.165) is 0 Å². The number of hydrogen-bond donors (Lipinski definition) is 0. The van der Waals surface area contributed by atoms with Crippen LogP contribution < -0.4 is 0 Å².